The molecule has 0 unspecified atom stereocenters. The van der Waals surface area contributed by atoms with Crippen LogP contribution in [0.3, 0.4) is 0 Å². The summed E-state index contributed by atoms with van der Waals surface area (Å²) >= 11 is 1.50. The highest BCUT2D eigenvalue weighted by molar-refractivity contribution is 7.16. The van der Waals surface area contributed by atoms with Gasteiger partial charge in [0, 0.05) is 16.9 Å². The van der Waals surface area contributed by atoms with Crippen molar-refractivity contribution in [2.45, 2.75) is 39.5 Å². The lowest BCUT2D eigenvalue weighted by molar-refractivity contribution is -0.116. The molecule has 0 aliphatic heterocycles. The van der Waals surface area contributed by atoms with Gasteiger partial charge in [-0.3, -0.25) is 4.79 Å². The van der Waals surface area contributed by atoms with Crippen molar-refractivity contribution in [1.82, 2.24) is 4.98 Å². The molecule has 3 rings (SSSR count). The number of ether oxygens (including phenoxy) is 1. The van der Waals surface area contributed by atoms with Crippen molar-refractivity contribution in [2.24, 2.45) is 0 Å². The molecule has 1 heterocycles. The Labute approximate surface area is 170 Å². The van der Waals surface area contributed by atoms with Crippen LogP contribution in [0.5, 0.6) is 5.75 Å². The van der Waals surface area contributed by atoms with Gasteiger partial charge in [-0.05, 0) is 37.0 Å². The maximum atomic E-state index is 12.2. The minimum atomic E-state index is -0.0351. The van der Waals surface area contributed by atoms with Crippen molar-refractivity contribution < 1.29 is 9.53 Å². The lowest BCUT2D eigenvalue weighted by Crippen LogP contribution is -2.12. The Morgan fingerprint density at radius 1 is 1.11 bits per heavy atom. The molecule has 28 heavy (non-hydrogen) atoms. The van der Waals surface area contributed by atoms with E-state index in [0.717, 1.165) is 21.9 Å². The van der Waals surface area contributed by atoms with E-state index in [0.29, 0.717) is 30.5 Å². The summed E-state index contributed by atoms with van der Waals surface area (Å²) in [6, 6.07) is 18.2. The zero-order valence-corrected chi connectivity index (χ0v) is 17.4. The van der Waals surface area contributed by atoms with Crippen LogP contribution in [0, 0.1) is 6.92 Å². The highest BCUT2D eigenvalue weighted by Gasteiger charge is 2.12. The fourth-order valence-electron chi connectivity index (χ4n) is 2.87. The van der Waals surface area contributed by atoms with Gasteiger partial charge in [-0.1, -0.05) is 56.3 Å². The molecule has 0 aliphatic carbocycles. The number of rotatable bonds is 8. The van der Waals surface area contributed by atoms with Crippen LogP contribution in [0.1, 0.15) is 43.0 Å². The van der Waals surface area contributed by atoms with Gasteiger partial charge in [0.15, 0.2) is 5.13 Å². The van der Waals surface area contributed by atoms with Crippen LogP contribution in [0.25, 0.3) is 11.3 Å². The topological polar surface area (TPSA) is 51.2 Å². The Hall–Kier alpha value is -2.66. The number of aromatic nitrogens is 1. The van der Waals surface area contributed by atoms with E-state index >= 15 is 0 Å². The van der Waals surface area contributed by atoms with E-state index < -0.39 is 0 Å². The second-order valence-corrected chi connectivity index (χ2v) is 8.22. The number of anilines is 1. The Kier molecular flexibility index (Phi) is 6.82. The monoisotopic (exact) mass is 394 g/mol. The summed E-state index contributed by atoms with van der Waals surface area (Å²) in [6.07, 6.45) is 1.07. The molecule has 146 valence electrons. The fraction of sp³-hybridized carbons (Fsp3) is 0.304. The molecule has 0 atom stereocenters. The Morgan fingerprint density at radius 2 is 1.82 bits per heavy atom. The predicted molar refractivity (Wildman–Crippen MR) is 116 cm³/mol. The van der Waals surface area contributed by atoms with E-state index in [-0.39, 0.29) is 5.91 Å². The van der Waals surface area contributed by atoms with Gasteiger partial charge in [0.25, 0.3) is 0 Å². The van der Waals surface area contributed by atoms with Crippen LogP contribution in [-0.4, -0.2) is 17.5 Å². The standard InChI is InChI=1S/C23H26N2O2S/c1-16(2)18-11-13-20(14-12-18)27-15-7-10-21(26)24-23-25-22(17(3)28-23)19-8-5-4-6-9-19/h4-6,8-9,11-14,16H,7,10,15H2,1-3H3,(H,24,25,26). The van der Waals surface area contributed by atoms with Gasteiger partial charge in [-0.15, -0.1) is 11.3 Å². The van der Waals surface area contributed by atoms with Crippen molar-refractivity contribution in [1.29, 1.82) is 0 Å². The number of carbonyl (C=O) groups is 1. The number of hydrogen-bond acceptors (Lipinski definition) is 4. The molecule has 2 aromatic carbocycles. The molecule has 3 aromatic rings. The van der Waals surface area contributed by atoms with Crippen molar-refractivity contribution >= 4 is 22.4 Å². The largest absolute Gasteiger partial charge is 0.494 e. The van der Waals surface area contributed by atoms with Crippen molar-refractivity contribution in [3.05, 3.63) is 65.0 Å². The predicted octanol–water partition coefficient (Wildman–Crippen LogP) is 6.04. The van der Waals surface area contributed by atoms with Crippen molar-refractivity contribution in [2.75, 3.05) is 11.9 Å². The first kappa shape index (κ1) is 20.1. The van der Waals surface area contributed by atoms with Gasteiger partial charge in [-0.2, -0.15) is 0 Å². The Balaban J connectivity index is 1.45. The van der Waals surface area contributed by atoms with Gasteiger partial charge in [0.2, 0.25) is 5.91 Å². The summed E-state index contributed by atoms with van der Waals surface area (Å²) in [5.74, 6) is 1.31. The van der Waals surface area contributed by atoms with Crippen LogP contribution >= 0.6 is 11.3 Å². The molecule has 0 aliphatic rings. The molecule has 1 aromatic heterocycles. The molecule has 0 saturated heterocycles. The number of nitrogens with zero attached hydrogens (tertiary/aromatic N) is 1. The number of thiazole rings is 1. The fourth-order valence-corrected chi connectivity index (χ4v) is 3.72. The van der Waals surface area contributed by atoms with E-state index in [1.54, 1.807) is 0 Å². The SMILES string of the molecule is Cc1sc(NC(=O)CCCOc2ccc(C(C)C)cc2)nc1-c1ccccc1. The summed E-state index contributed by atoms with van der Waals surface area (Å²) in [5, 5.41) is 3.55. The second kappa shape index (κ2) is 9.51. The van der Waals surface area contributed by atoms with E-state index in [9.17, 15) is 4.79 Å². The lowest BCUT2D eigenvalue weighted by Gasteiger charge is -2.08. The Morgan fingerprint density at radius 3 is 2.50 bits per heavy atom. The average Bonchev–Trinajstić information content (AvgIpc) is 3.06. The molecule has 5 heteroatoms. The van der Waals surface area contributed by atoms with E-state index in [1.165, 1.54) is 16.9 Å². The summed E-state index contributed by atoms with van der Waals surface area (Å²) in [5.41, 5.74) is 3.28. The van der Waals surface area contributed by atoms with Crippen LogP contribution in [-0.2, 0) is 4.79 Å². The summed E-state index contributed by atoms with van der Waals surface area (Å²) in [7, 11) is 0. The maximum Gasteiger partial charge on any atom is 0.226 e. The van der Waals surface area contributed by atoms with Gasteiger partial charge < -0.3 is 10.1 Å². The van der Waals surface area contributed by atoms with Crippen LogP contribution in [0.4, 0.5) is 5.13 Å². The highest BCUT2D eigenvalue weighted by Crippen LogP contribution is 2.30. The minimum Gasteiger partial charge on any atom is -0.494 e. The molecule has 0 radical (unpaired) electrons. The lowest BCUT2D eigenvalue weighted by atomic mass is 10.0. The summed E-state index contributed by atoms with van der Waals surface area (Å²) in [4.78, 5) is 17.9. The van der Waals surface area contributed by atoms with E-state index in [1.807, 2.05) is 49.4 Å². The average molecular weight is 395 g/mol. The highest BCUT2D eigenvalue weighted by atomic mass is 32.1. The molecule has 1 amide bonds. The number of nitrogens with one attached hydrogen (secondary N) is 1. The van der Waals surface area contributed by atoms with Gasteiger partial charge in [-0.25, -0.2) is 4.98 Å². The minimum absolute atomic E-state index is 0.0351. The molecule has 1 N–H and O–H groups in total. The van der Waals surface area contributed by atoms with E-state index in [2.05, 4.69) is 36.3 Å². The third-order valence-corrected chi connectivity index (χ3v) is 5.34. The summed E-state index contributed by atoms with van der Waals surface area (Å²) < 4.78 is 5.73. The van der Waals surface area contributed by atoms with Crippen molar-refractivity contribution in [3.8, 4) is 17.0 Å². The van der Waals surface area contributed by atoms with E-state index in [4.69, 9.17) is 4.74 Å². The van der Waals surface area contributed by atoms with Gasteiger partial charge in [0.1, 0.15) is 5.75 Å². The third-order valence-electron chi connectivity index (χ3n) is 4.45. The number of amides is 1. The molecule has 0 saturated carbocycles. The zero-order valence-electron chi connectivity index (χ0n) is 16.6. The number of aryl methyl sites for hydroxylation is 1. The number of hydrogen-bond donors (Lipinski definition) is 1. The maximum absolute atomic E-state index is 12.2. The number of benzene rings is 2. The summed E-state index contributed by atoms with van der Waals surface area (Å²) in [6.45, 7) is 6.87. The normalized spacial score (nSPS) is 10.9. The zero-order chi connectivity index (χ0) is 19.9. The van der Waals surface area contributed by atoms with Crippen LogP contribution < -0.4 is 10.1 Å². The molecule has 4 nitrogen and oxygen atoms in total. The molecular formula is C23H26N2O2S. The van der Waals surface area contributed by atoms with Crippen LogP contribution in [0.15, 0.2) is 54.6 Å². The first-order valence-corrected chi connectivity index (χ1v) is 10.4. The third kappa shape index (κ3) is 5.42. The molecular weight excluding hydrogens is 368 g/mol. The van der Waals surface area contributed by atoms with Gasteiger partial charge in [0.05, 0.1) is 12.3 Å². The number of carbonyl (C=O) groups excluding carboxylic acids is 1. The second-order valence-electron chi connectivity index (χ2n) is 7.01. The van der Waals surface area contributed by atoms with Crippen molar-refractivity contribution in [3.63, 3.8) is 0 Å². The molecule has 0 bridgehead atoms. The quantitative estimate of drug-likeness (QED) is 0.474. The first-order chi connectivity index (χ1) is 13.5. The van der Waals surface area contributed by atoms with Crippen LogP contribution in [0.2, 0.25) is 0 Å². The molecule has 0 fully saturated rings. The Bertz CT molecular complexity index is 902. The molecule has 0 spiro atoms. The first-order valence-electron chi connectivity index (χ1n) is 9.58. The van der Waals surface area contributed by atoms with Gasteiger partial charge >= 0.3 is 0 Å². The smallest absolute Gasteiger partial charge is 0.226 e.